The summed E-state index contributed by atoms with van der Waals surface area (Å²) < 4.78 is 12.6. The van der Waals surface area contributed by atoms with Gasteiger partial charge in [0.25, 0.3) is 0 Å². The first-order valence-electron chi connectivity index (χ1n) is 23.3. The summed E-state index contributed by atoms with van der Waals surface area (Å²) in [6, 6.07) is 36.6. The van der Waals surface area contributed by atoms with Crippen molar-refractivity contribution in [1.29, 1.82) is 0 Å². The van der Waals surface area contributed by atoms with Crippen LogP contribution in [0.1, 0.15) is 126 Å². The molecule has 2 aliphatic rings. The first-order chi connectivity index (χ1) is 30.6. The minimum Gasteiger partial charge on any atom is -0.512 e. The van der Waals surface area contributed by atoms with Gasteiger partial charge < -0.3 is 30.3 Å². The highest BCUT2D eigenvalue weighted by Crippen LogP contribution is 2.44. The van der Waals surface area contributed by atoms with Crippen molar-refractivity contribution in [3.63, 3.8) is 0 Å². The van der Waals surface area contributed by atoms with Gasteiger partial charge in [-0.05, 0) is 110 Å². The number of aliphatic hydroxyl groups is 2. The van der Waals surface area contributed by atoms with Gasteiger partial charge in [0.1, 0.15) is 17.0 Å². The number of hydrogen-bond donors (Lipinski definition) is 4. The Kier molecular flexibility index (Phi) is 16.9. The molecule has 4 aromatic carbocycles. The normalized spacial score (nSPS) is 22.5. The van der Waals surface area contributed by atoms with Crippen molar-refractivity contribution in [1.82, 2.24) is 0 Å². The van der Waals surface area contributed by atoms with Gasteiger partial charge in [0.2, 0.25) is 0 Å². The van der Waals surface area contributed by atoms with Crippen molar-refractivity contribution in [3.05, 3.63) is 167 Å². The maximum absolute atomic E-state index is 13.7. The van der Waals surface area contributed by atoms with E-state index >= 15 is 0 Å². The second-order valence-corrected chi connectivity index (χ2v) is 17.5. The Hall–Kier alpha value is -5.60. The molecule has 0 radical (unpaired) electrons. The fourth-order valence-electron chi connectivity index (χ4n) is 9.90. The molecule has 0 spiro atoms. The lowest BCUT2D eigenvalue weighted by Gasteiger charge is -2.44. The Morgan fingerprint density at radius 3 is 1.95 bits per heavy atom. The van der Waals surface area contributed by atoms with Gasteiger partial charge in [-0.3, -0.25) is 4.79 Å². The van der Waals surface area contributed by atoms with Crippen molar-refractivity contribution in [2.45, 2.75) is 134 Å². The van der Waals surface area contributed by atoms with Crippen LogP contribution in [0.15, 0.2) is 145 Å². The third-order valence-electron chi connectivity index (χ3n) is 13.0. The van der Waals surface area contributed by atoms with Crippen LogP contribution in [-0.2, 0) is 31.9 Å². The van der Waals surface area contributed by atoms with Crippen LogP contribution in [0.25, 0.3) is 0 Å². The number of ether oxygens (including phenoxy) is 2. The highest BCUT2D eigenvalue weighted by molar-refractivity contribution is 5.92. The average Bonchev–Trinajstić information content (AvgIpc) is 3.28. The molecule has 2 unspecified atom stereocenters. The summed E-state index contributed by atoms with van der Waals surface area (Å²) in [5, 5.41) is 29.9. The molecule has 6 rings (SSSR count). The zero-order valence-electron chi connectivity index (χ0n) is 37.7. The molecule has 0 aliphatic carbocycles. The van der Waals surface area contributed by atoms with Crippen molar-refractivity contribution >= 4 is 23.3 Å². The van der Waals surface area contributed by atoms with E-state index < -0.39 is 29.2 Å². The lowest BCUT2D eigenvalue weighted by Crippen LogP contribution is -2.51. The third kappa shape index (κ3) is 12.3. The van der Waals surface area contributed by atoms with Crippen LogP contribution in [0.5, 0.6) is 0 Å². The molecule has 0 aromatic heterocycles. The molecule has 8 heteroatoms. The molecule has 334 valence electrons. The molecule has 2 aliphatic heterocycles. The van der Waals surface area contributed by atoms with Gasteiger partial charge in [0.05, 0.1) is 17.6 Å². The van der Waals surface area contributed by atoms with Crippen LogP contribution in [0.3, 0.4) is 0 Å². The highest BCUT2D eigenvalue weighted by atomic mass is 16.6. The minimum absolute atomic E-state index is 0.143. The summed E-state index contributed by atoms with van der Waals surface area (Å²) in [5.74, 6) is -1.65. The number of allylic oxidation sites excluding steroid dienone is 2. The van der Waals surface area contributed by atoms with E-state index in [4.69, 9.17) is 9.47 Å². The molecule has 2 heterocycles. The predicted octanol–water partition coefficient (Wildman–Crippen LogP) is 12.3. The van der Waals surface area contributed by atoms with Crippen LogP contribution in [0, 0.1) is 5.92 Å². The number of rotatable bonds is 22. The maximum Gasteiger partial charge on any atom is 0.338 e. The molecule has 4 aromatic rings. The fourth-order valence-corrected chi connectivity index (χ4v) is 9.90. The average molecular weight is 853 g/mol. The van der Waals surface area contributed by atoms with E-state index in [1.54, 1.807) is 0 Å². The van der Waals surface area contributed by atoms with Crippen molar-refractivity contribution in [2.75, 3.05) is 17.2 Å². The maximum atomic E-state index is 13.7. The number of hydrogen-bond acceptors (Lipinski definition) is 8. The van der Waals surface area contributed by atoms with Crippen LogP contribution < -0.4 is 10.6 Å². The molecule has 0 bridgehead atoms. The first kappa shape index (κ1) is 46.9. The molecule has 4 N–H and O–H groups in total. The van der Waals surface area contributed by atoms with Crippen molar-refractivity contribution in [3.8, 4) is 0 Å². The molecule has 6 atom stereocenters. The molecule has 63 heavy (non-hydrogen) atoms. The number of aryl methyl sites for hydroxylation is 2. The Balaban J connectivity index is 1.02. The second kappa shape index (κ2) is 22.7. The molecular formula is C55H68N2O6. The summed E-state index contributed by atoms with van der Waals surface area (Å²) in [7, 11) is 0. The molecular weight excluding hydrogens is 785 g/mol. The minimum atomic E-state index is -0.780. The van der Waals surface area contributed by atoms with Gasteiger partial charge in [-0.25, -0.2) is 4.79 Å². The smallest absolute Gasteiger partial charge is 0.338 e. The van der Waals surface area contributed by atoms with Gasteiger partial charge in [-0.2, -0.15) is 0 Å². The van der Waals surface area contributed by atoms with E-state index in [0.717, 1.165) is 54.6 Å². The van der Waals surface area contributed by atoms with Gasteiger partial charge in [0.15, 0.2) is 0 Å². The summed E-state index contributed by atoms with van der Waals surface area (Å²) in [5.41, 5.74) is 5.15. The quantitative estimate of drug-likeness (QED) is 0.0456. The number of aliphatic hydroxyl groups excluding tert-OH is 2. The van der Waals surface area contributed by atoms with Crippen LogP contribution in [0.4, 0.5) is 11.4 Å². The number of carbonyl (C=O) groups is 2. The Bertz CT molecular complexity index is 2180. The lowest BCUT2D eigenvalue weighted by atomic mass is 9.73. The zero-order chi connectivity index (χ0) is 44.7. The summed E-state index contributed by atoms with van der Waals surface area (Å²) in [6.45, 7) is 8.87. The van der Waals surface area contributed by atoms with E-state index in [1.807, 2.05) is 110 Å². The molecule has 1 fully saturated rings. The van der Waals surface area contributed by atoms with E-state index in [1.165, 1.54) is 11.1 Å². The first-order valence-corrected chi connectivity index (χ1v) is 23.3. The van der Waals surface area contributed by atoms with E-state index in [2.05, 4.69) is 61.7 Å². The number of esters is 2. The monoisotopic (exact) mass is 853 g/mol. The van der Waals surface area contributed by atoms with Crippen LogP contribution in [-0.4, -0.2) is 46.0 Å². The molecule has 0 amide bonds. The molecule has 8 nitrogen and oxygen atoms in total. The van der Waals surface area contributed by atoms with Gasteiger partial charge in [0, 0.05) is 42.9 Å². The number of anilines is 2. The number of cyclic esters (lactones) is 2. The van der Waals surface area contributed by atoms with Gasteiger partial charge in [-0.1, -0.05) is 138 Å². The fraction of sp³-hybridized carbons (Fsp3) is 0.418. The van der Waals surface area contributed by atoms with E-state index in [9.17, 15) is 19.8 Å². The van der Waals surface area contributed by atoms with Gasteiger partial charge >= 0.3 is 11.9 Å². The summed E-state index contributed by atoms with van der Waals surface area (Å²) in [6.07, 6.45) is 15.2. The molecule has 1 saturated heterocycles. The third-order valence-corrected chi connectivity index (χ3v) is 13.0. The van der Waals surface area contributed by atoms with E-state index in [-0.39, 0.29) is 23.6 Å². The Labute approximate surface area is 375 Å². The standard InChI is InChI=1S/C55H68N2O6/c1-5-30-54(32-28-40-20-12-9-13-21-40)38-48(58)50(52(60)62-54)46(7-3)42-24-18-26-44(36-42)56-34-16-11-17-35-57-45-27-19-25-43(37-45)47(8-4)51-49(59)39-55(31-6-2,63-53(51)61)33-29-41-22-14-10-15-23-41/h9-27,34,36-37,46-47,49,51,56-59H,5-8,28-33,35,38-39H2,1-4H3/b17-11+,34-16+/t46-,47-,49?,51?,54-,55-/m1/s1. The number of benzene rings is 4. The number of nitrogens with one attached hydrogen (secondary N) is 2. The number of carbonyl (C=O) groups excluding carboxylic acids is 2. The zero-order valence-corrected chi connectivity index (χ0v) is 37.7. The van der Waals surface area contributed by atoms with Crippen molar-refractivity contribution in [2.24, 2.45) is 5.92 Å². The SMILES string of the molecule is CCC[C@@]1(CCc2ccccc2)CC(O)=C([C@H](CC)c2cccc(N/C=C/C=C/CNc3cccc([C@@H](CC)C4C(=O)O[C@](CCC)(CCc5ccccc5)CC4O)c3)c2)C(=O)O1. The predicted molar refractivity (Wildman–Crippen MR) is 255 cm³/mol. The Morgan fingerprint density at radius 1 is 0.714 bits per heavy atom. The molecule has 0 saturated carbocycles. The van der Waals surface area contributed by atoms with Crippen molar-refractivity contribution < 1.29 is 29.3 Å². The summed E-state index contributed by atoms with van der Waals surface area (Å²) in [4.78, 5) is 27.4. The van der Waals surface area contributed by atoms with E-state index in [0.29, 0.717) is 57.1 Å². The van der Waals surface area contributed by atoms with Gasteiger partial charge in [-0.15, -0.1) is 0 Å². The highest BCUT2D eigenvalue weighted by Gasteiger charge is 2.49. The second-order valence-electron chi connectivity index (χ2n) is 17.5. The summed E-state index contributed by atoms with van der Waals surface area (Å²) >= 11 is 0. The largest absolute Gasteiger partial charge is 0.512 e. The van der Waals surface area contributed by atoms with Crippen LogP contribution in [0.2, 0.25) is 0 Å². The Morgan fingerprint density at radius 2 is 1.33 bits per heavy atom. The topological polar surface area (TPSA) is 117 Å². The van der Waals surface area contributed by atoms with Crippen LogP contribution >= 0.6 is 0 Å². The lowest BCUT2D eigenvalue weighted by molar-refractivity contribution is -0.191.